The summed E-state index contributed by atoms with van der Waals surface area (Å²) in [5.41, 5.74) is 5.32. The number of anilines is 2. The van der Waals surface area contributed by atoms with Gasteiger partial charge in [0.25, 0.3) is 0 Å². The molecule has 2 aromatic carbocycles. The zero-order chi connectivity index (χ0) is 18.2. The number of nitrogens with one attached hydrogen (secondary N) is 1. The van der Waals surface area contributed by atoms with Gasteiger partial charge in [-0.05, 0) is 61.6 Å². The number of hydrogen-bond donors (Lipinski definition) is 1. The maximum absolute atomic E-state index is 8.47. The summed E-state index contributed by atoms with van der Waals surface area (Å²) in [5.74, 6) is 0. The molecule has 0 amide bonds. The average Bonchev–Trinajstić information content (AvgIpc) is 2.81. The van der Waals surface area contributed by atoms with E-state index in [1.165, 1.54) is 28.6 Å². The molecule has 2 aromatic rings. The van der Waals surface area contributed by atoms with Gasteiger partial charge < -0.3 is 10.2 Å². The Morgan fingerprint density at radius 3 is 2.73 bits per heavy atom. The van der Waals surface area contributed by atoms with E-state index in [-0.39, 0.29) is 0 Å². The average molecular weight is 366 g/mol. The monoisotopic (exact) mass is 365 g/mol. The number of aryl methyl sites for hydroxylation is 2. The number of halogens is 1. The molecule has 0 bridgehead atoms. The Morgan fingerprint density at radius 1 is 1.08 bits per heavy atom. The predicted molar refractivity (Wildman–Crippen MR) is 109 cm³/mol. The fraction of sp³-hybridized carbons (Fsp3) is 0.318. The number of nitrogens with zero attached hydrogens (tertiary/aromatic N) is 2. The minimum absolute atomic E-state index is 0.749. The van der Waals surface area contributed by atoms with Gasteiger partial charge in [-0.3, -0.25) is 0 Å². The van der Waals surface area contributed by atoms with Crippen molar-refractivity contribution in [1.29, 1.82) is 5.26 Å². The Bertz CT molecular complexity index is 807. The molecule has 0 spiro atoms. The molecule has 4 heteroatoms. The Morgan fingerprint density at radius 2 is 1.88 bits per heavy atom. The number of unbranched alkanes of at least 4 members (excludes halogenated alkanes) is 1. The molecule has 0 fully saturated rings. The predicted octanol–water partition coefficient (Wildman–Crippen LogP) is 5.03. The Hall–Kier alpha value is -2.28. The van der Waals surface area contributed by atoms with Crippen molar-refractivity contribution in [2.45, 2.75) is 25.7 Å². The van der Waals surface area contributed by atoms with Crippen molar-refractivity contribution < 1.29 is 0 Å². The van der Waals surface area contributed by atoms with Crippen LogP contribution in [0.5, 0.6) is 0 Å². The van der Waals surface area contributed by atoms with E-state index in [9.17, 15) is 0 Å². The molecular formula is C22H24ClN3. The number of para-hydroxylation sites is 1. The third kappa shape index (κ3) is 4.66. The van der Waals surface area contributed by atoms with E-state index >= 15 is 0 Å². The van der Waals surface area contributed by atoms with Crippen molar-refractivity contribution in [2.24, 2.45) is 0 Å². The quantitative estimate of drug-likeness (QED) is 0.552. The highest BCUT2D eigenvalue weighted by Gasteiger charge is 2.20. The number of hydrogen-bond acceptors (Lipinski definition) is 3. The van der Waals surface area contributed by atoms with Gasteiger partial charge in [-0.25, -0.2) is 0 Å². The van der Waals surface area contributed by atoms with Gasteiger partial charge in [0.05, 0.1) is 6.07 Å². The second kappa shape index (κ2) is 9.43. The van der Waals surface area contributed by atoms with Crippen molar-refractivity contribution in [1.82, 2.24) is 5.32 Å². The SMILES string of the molecule is N#C/C=C/CNCCCCN1c2ccccc2CCc2ccc(Cl)cc21. The van der Waals surface area contributed by atoms with Crippen molar-refractivity contribution in [3.63, 3.8) is 0 Å². The van der Waals surface area contributed by atoms with E-state index in [4.69, 9.17) is 16.9 Å². The highest BCUT2D eigenvalue weighted by atomic mass is 35.5. The maximum Gasteiger partial charge on any atom is 0.0909 e. The van der Waals surface area contributed by atoms with Crippen LogP contribution in [0.25, 0.3) is 0 Å². The van der Waals surface area contributed by atoms with Crippen molar-refractivity contribution >= 4 is 23.0 Å². The van der Waals surface area contributed by atoms with E-state index in [1.54, 1.807) is 0 Å². The molecule has 0 aliphatic carbocycles. The van der Waals surface area contributed by atoms with Crippen LogP contribution in [0.2, 0.25) is 5.02 Å². The van der Waals surface area contributed by atoms with E-state index in [0.29, 0.717) is 0 Å². The van der Waals surface area contributed by atoms with Crippen LogP contribution in [-0.4, -0.2) is 19.6 Å². The lowest BCUT2D eigenvalue weighted by Crippen LogP contribution is -2.22. The molecule has 134 valence electrons. The molecule has 0 unspecified atom stereocenters. The molecule has 0 saturated carbocycles. The van der Waals surface area contributed by atoms with Gasteiger partial charge >= 0.3 is 0 Å². The number of rotatable bonds is 7. The first kappa shape index (κ1) is 18.5. The van der Waals surface area contributed by atoms with Gasteiger partial charge in [0, 0.05) is 35.6 Å². The molecule has 1 aliphatic heterocycles. The van der Waals surface area contributed by atoms with Crippen LogP contribution >= 0.6 is 11.6 Å². The summed E-state index contributed by atoms with van der Waals surface area (Å²) in [6.07, 6.45) is 7.66. The van der Waals surface area contributed by atoms with Crippen LogP contribution in [-0.2, 0) is 12.8 Å². The molecule has 1 heterocycles. The van der Waals surface area contributed by atoms with E-state index in [2.05, 4.69) is 46.6 Å². The molecule has 0 radical (unpaired) electrons. The lowest BCUT2D eigenvalue weighted by Gasteiger charge is -2.27. The summed E-state index contributed by atoms with van der Waals surface area (Å²) in [4.78, 5) is 2.43. The van der Waals surface area contributed by atoms with Gasteiger partial charge in [-0.2, -0.15) is 5.26 Å². The van der Waals surface area contributed by atoms with Crippen LogP contribution < -0.4 is 10.2 Å². The second-order valence-corrected chi connectivity index (χ2v) is 6.93. The number of benzene rings is 2. The van der Waals surface area contributed by atoms with Gasteiger partial charge in [0.2, 0.25) is 0 Å². The number of allylic oxidation sites excluding steroid dienone is 1. The molecular weight excluding hydrogens is 342 g/mol. The van der Waals surface area contributed by atoms with Crippen LogP contribution in [0.3, 0.4) is 0 Å². The first-order valence-electron chi connectivity index (χ1n) is 9.19. The third-order valence-electron chi connectivity index (χ3n) is 4.72. The molecule has 0 saturated heterocycles. The van der Waals surface area contributed by atoms with Gasteiger partial charge in [-0.15, -0.1) is 0 Å². The van der Waals surface area contributed by atoms with E-state index in [1.807, 2.05) is 18.2 Å². The van der Waals surface area contributed by atoms with E-state index in [0.717, 1.165) is 50.3 Å². The zero-order valence-corrected chi connectivity index (χ0v) is 15.7. The molecule has 0 atom stereocenters. The lowest BCUT2D eigenvalue weighted by molar-refractivity contribution is 0.656. The number of fused-ring (bicyclic) bond motifs is 2. The minimum Gasteiger partial charge on any atom is -0.341 e. The summed E-state index contributed by atoms with van der Waals surface area (Å²) in [6, 6.07) is 17.0. The Balaban J connectivity index is 1.68. The largest absolute Gasteiger partial charge is 0.341 e. The maximum atomic E-state index is 8.47. The first-order chi connectivity index (χ1) is 12.8. The number of nitriles is 1. The first-order valence-corrected chi connectivity index (χ1v) is 9.56. The third-order valence-corrected chi connectivity index (χ3v) is 4.96. The second-order valence-electron chi connectivity index (χ2n) is 6.50. The molecule has 3 rings (SSSR count). The Labute approximate surface area is 160 Å². The van der Waals surface area contributed by atoms with Gasteiger partial charge in [0.15, 0.2) is 0 Å². The highest BCUT2D eigenvalue weighted by molar-refractivity contribution is 6.30. The van der Waals surface area contributed by atoms with Crippen LogP contribution in [0.15, 0.2) is 54.6 Å². The molecule has 3 nitrogen and oxygen atoms in total. The molecule has 0 aromatic heterocycles. The van der Waals surface area contributed by atoms with Crippen LogP contribution in [0.1, 0.15) is 24.0 Å². The van der Waals surface area contributed by atoms with Gasteiger partial charge in [0.1, 0.15) is 0 Å². The lowest BCUT2D eigenvalue weighted by atomic mass is 10.0. The normalized spacial score (nSPS) is 13.2. The zero-order valence-electron chi connectivity index (χ0n) is 14.9. The summed E-state index contributed by atoms with van der Waals surface area (Å²) in [5, 5.41) is 12.6. The molecule has 1 N–H and O–H groups in total. The summed E-state index contributed by atoms with van der Waals surface area (Å²) < 4.78 is 0. The Kier molecular flexibility index (Phi) is 6.71. The molecule has 26 heavy (non-hydrogen) atoms. The van der Waals surface area contributed by atoms with E-state index < -0.39 is 0 Å². The summed E-state index contributed by atoms with van der Waals surface area (Å²) in [6.45, 7) is 2.67. The fourth-order valence-corrected chi connectivity index (χ4v) is 3.61. The van der Waals surface area contributed by atoms with Crippen molar-refractivity contribution in [3.8, 4) is 6.07 Å². The minimum atomic E-state index is 0.749. The smallest absolute Gasteiger partial charge is 0.0909 e. The summed E-state index contributed by atoms with van der Waals surface area (Å²) in [7, 11) is 0. The van der Waals surface area contributed by atoms with Crippen molar-refractivity contribution in [3.05, 3.63) is 70.8 Å². The topological polar surface area (TPSA) is 39.1 Å². The summed E-state index contributed by atoms with van der Waals surface area (Å²) >= 11 is 6.30. The highest BCUT2D eigenvalue weighted by Crippen LogP contribution is 2.37. The van der Waals surface area contributed by atoms with Crippen LogP contribution in [0, 0.1) is 11.3 Å². The van der Waals surface area contributed by atoms with Gasteiger partial charge in [-0.1, -0.05) is 41.9 Å². The van der Waals surface area contributed by atoms with Crippen LogP contribution in [0.4, 0.5) is 11.4 Å². The fourth-order valence-electron chi connectivity index (χ4n) is 3.44. The standard InChI is InChI=1S/C22H24ClN3/c23-20-12-11-19-10-9-18-7-1-2-8-21(18)26(22(19)17-20)16-6-5-15-25-14-4-3-13-24/h1-4,7-8,11-12,17,25H,5-6,9-10,14-16H2/b4-3+. The molecule has 1 aliphatic rings. The van der Waals surface area contributed by atoms with Crippen molar-refractivity contribution in [2.75, 3.05) is 24.5 Å².